The van der Waals surface area contributed by atoms with Crippen molar-refractivity contribution < 1.29 is 9.13 Å². The van der Waals surface area contributed by atoms with E-state index in [4.69, 9.17) is 16.3 Å². The predicted molar refractivity (Wildman–Crippen MR) is 64.8 cm³/mol. The predicted octanol–water partition coefficient (Wildman–Crippen LogP) is 2.73. The molecule has 2 nitrogen and oxygen atoms in total. The number of benzene rings is 1. The number of halogens is 3. The SMILES string of the molecule is Cl.Fc1ccc(CN2CCOCC2)c(Cl)c1. The highest BCUT2D eigenvalue weighted by molar-refractivity contribution is 6.31. The van der Waals surface area contributed by atoms with Crippen LogP contribution >= 0.6 is 24.0 Å². The molecule has 1 aromatic rings. The van der Waals surface area contributed by atoms with Gasteiger partial charge in [0.2, 0.25) is 0 Å². The molecule has 16 heavy (non-hydrogen) atoms. The van der Waals surface area contributed by atoms with Crippen LogP contribution in [0.4, 0.5) is 4.39 Å². The van der Waals surface area contributed by atoms with Crippen LogP contribution in [0.3, 0.4) is 0 Å². The Bertz CT molecular complexity index is 343. The number of rotatable bonds is 2. The molecule has 1 aliphatic heterocycles. The van der Waals surface area contributed by atoms with Gasteiger partial charge in [-0.1, -0.05) is 17.7 Å². The summed E-state index contributed by atoms with van der Waals surface area (Å²) in [4.78, 5) is 2.25. The van der Waals surface area contributed by atoms with Crippen molar-refractivity contribution in [3.8, 4) is 0 Å². The summed E-state index contributed by atoms with van der Waals surface area (Å²) in [6.45, 7) is 4.11. The summed E-state index contributed by atoms with van der Waals surface area (Å²) in [7, 11) is 0. The summed E-state index contributed by atoms with van der Waals surface area (Å²) in [5, 5.41) is 0.501. The Morgan fingerprint density at radius 1 is 1.31 bits per heavy atom. The molecule has 90 valence electrons. The zero-order valence-electron chi connectivity index (χ0n) is 8.79. The minimum Gasteiger partial charge on any atom is -0.379 e. The third-order valence-corrected chi connectivity index (χ3v) is 2.86. The Balaban J connectivity index is 0.00000128. The molecule has 0 aliphatic carbocycles. The van der Waals surface area contributed by atoms with Crippen LogP contribution in [0.25, 0.3) is 0 Å². The van der Waals surface area contributed by atoms with Crippen LogP contribution in [-0.2, 0) is 11.3 Å². The second kappa shape index (κ2) is 6.40. The van der Waals surface area contributed by atoms with Crippen LogP contribution in [0.5, 0.6) is 0 Å². The van der Waals surface area contributed by atoms with E-state index in [2.05, 4.69) is 4.90 Å². The Labute approximate surface area is 106 Å². The lowest BCUT2D eigenvalue weighted by Crippen LogP contribution is -2.35. The fourth-order valence-electron chi connectivity index (χ4n) is 1.65. The fourth-order valence-corrected chi connectivity index (χ4v) is 1.88. The van der Waals surface area contributed by atoms with Crippen LogP contribution in [0.2, 0.25) is 5.02 Å². The van der Waals surface area contributed by atoms with E-state index < -0.39 is 0 Å². The van der Waals surface area contributed by atoms with E-state index in [0.29, 0.717) is 5.02 Å². The average Bonchev–Trinajstić information content (AvgIpc) is 2.24. The van der Waals surface area contributed by atoms with Crippen molar-refractivity contribution in [2.45, 2.75) is 6.54 Å². The molecule has 2 rings (SSSR count). The Morgan fingerprint density at radius 2 is 2.00 bits per heavy atom. The average molecular weight is 266 g/mol. The molecule has 0 radical (unpaired) electrons. The van der Waals surface area contributed by atoms with Gasteiger partial charge in [-0.3, -0.25) is 4.90 Å². The Hall–Kier alpha value is -0.350. The molecule has 0 saturated carbocycles. The summed E-state index contributed by atoms with van der Waals surface area (Å²) in [6.07, 6.45) is 0. The van der Waals surface area contributed by atoms with E-state index in [1.54, 1.807) is 6.07 Å². The number of hydrogen-bond acceptors (Lipinski definition) is 2. The van der Waals surface area contributed by atoms with E-state index in [1.807, 2.05) is 0 Å². The van der Waals surface area contributed by atoms with E-state index in [9.17, 15) is 4.39 Å². The van der Waals surface area contributed by atoms with Crippen molar-refractivity contribution in [3.63, 3.8) is 0 Å². The van der Waals surface area contributed by atoms with Gasteiger partial charge in [0.25, 0.3) is 0 Å². The topological polar surface area (TPSA) is 12.5 Å². The minimum atomic E-state index is -0.286. The van der Waals surface area contributed by atoms with Crippen LogP contribution in [0.15, 0.2) is 18.2 Å². The van der Waals surface area contributed by atoms with Crippen molar-refractivity contribution in [2.24, 2.45) is 0 Å². The highest BCUT2D eigenvalue weighted by Gasteiger charge is 2.12. The van der Waals surface area contributed by atoms with Gasteiger partial charge in [0.15, 0.2) is 0 Å². The standard InChI is InChI=1S/C11H13ClFNO.ClH/c12-11-7-10(13)2-1-9(11)8-14-3-5-15-6-4-14;/h1-2,7H,3-6,8H2;1H. The molecule has 0 N–H and O–H groups in total. The first-order valence-electron chi connectivity index (χ1n) is 5.00. The number of morpholine rings is 1. The van der Waals surface area contributed by atoms with Gasteiger partial charge in [0.1, 0.15) is 5.82 Å². The van der Waals surface area contributed by atoms with Crippen LogP contribution in [0.1, 0.15) is 5.56 Å². The largest absolute Gasteiger partial charge is 0.379 e. The van der Waals surface area contributed by atoms with Crippen molar-refractivity contribution in [3.05, 3.63) is 34.6 Å². The lowest BCUT2D eigenvalue weighted by Gasteiger charge is -2.26. The van der Waals surface area contributed by atoms with Crippen LogP contribution in [-0.4, -0.2) is 31.2 Å². The molecular weight excluding hydrogens is 252 g/mol. The summed E-state index contributed by atoms with van der Waals surface area (Å²) in [5.41, 5.74) is 0.972. The van der Waals surface area contributed by atoms with Crippen molar-refractivity contribution >= 4 is 24.0 Å². The molecule has 0 atom stereocenters. The third kappa shape index (κ3) is 3.59. The van der Waals surface area contributed by atoms with Gasteiger partial charge in [-0.05, 0) is 17.7 Å². The van der Waals surface area contributed by atoms with E-state index in [0.717, 1.165) is 38.4 Å². The van der Waals surface area contributed by atoms with Gasteiger partial charge < -0.3 is 4.74 Å². The molecule has 0 aromatic heterocycles. The molecule has 1 aliphatic rings. The first-order valence-corrected chi connectivity index (χ1v) is 5.37. The molecule has 0 unspecified atom stereocenters. The molecule has 1 fully saturated rings. The van der Waals surface area contributed by atoms with Crippen LogP contribution < -0.4 is 0 Å². The summed E-state index contributed by atoms with van der Waals surface area (Å²) in [6, 6.07) is 4.55. The van der Waals surface area contributed by atoms with E-state index in [-0.39, 0.29) is 18.2 Å². The first kappa shape index (κ1) is 13.7. The van der Waals surface area contributed by atoms with Crippen molar-refractivity contribution in [2.75, 3.05) is 26.3 Å². The molecule has 5 heteroatoms. The monoisotopic (exact) mass is 265 g/mol. The number of hydrogen-bond donors (Lipinski definition) is 0. The number of ether oxygens (including phenoxy) is 1. The van der Waals surface area contributed by atoms with E-state index >= 15 is 0 Å². The zero-order valence-corrected chi connectivity index (χ0v) is 10.4. The minimum absolute atomic E-state index is 0. The lowest BCUT2D eigenvalue weighted by molar-refractivity contribution is 0.0342. The van der Waals surface area contributed by atoms with Gasteiger partial charge >= 0.3 is 0 Å². The smallest absolute Gasteiger partial charge is 0.124 e. The Morgan fingerprint density at radius 3 is 2.62 bits per heavy atom. The van der Waals surface area contributed by atoms with Crippen LogP contribution in [0, 0.1) is 5.82 Å². The van der Waals surface area contributed by atoms with Crippen molar-refractivity contribution in [1.29, 1.82) is 0 Å². The summed E-state index contributed by atoms with van der Waals surface area (Å²) < 4.78 is 18.1. The molecule has 0 bridgehead atoms. The normalized spacial score (nSPS) is 16.9. The van der Waals surface area contributed by atoms with Gasteiger partial charge in [-0.25, -0.2) is 4.39 Å². The highest BCUT2D eigenvalue weighted by Crippen LogP contribution is 2.19. The molecule has 1 aromatic carbocycles. The quantitative estimate of drug-likeness (QED) is 0.816. The lowest BCUT2D eigenvalue weighted by atomic mass is 10.2. The van der Waals surface area contributed by atoms with E-state index in [1.165, 1.54) is 12.1 Å². The molecule has 1 heterocycles. The maximum Gasteiger partial charge on any atom is 0.124 e. The number of nitrogens with zero attached hydrogens (tertiary/aromatic N) is 1. The molecule has 0 spiro atoms. The second-order valence-corrected chi connectivity index (χ2v) is 4.03. The highest BCUT2D eigenvalue weighted by atomic mass is 35.5. The second-order valence-electron chi connectivity index (χ2n) is 3.62. The molecule has 1 saturated heterocycles. The van der Waals surface area contributed by atoms with Gasteiger partial charge in [-0.15, -0.1) is 12.4 Å². The maximum atomic E-state index is 12.8. The molecular formula is C11H14Cl2FNO. The van der Waals surface area contributed by atoms with Gasteiger partial charge in [-0.2, -0.15) is 0 Å². The third-order valence-electron chi connectivity index (χ3n) is 2.51. The first-order chi connectivity index (χ1) is 7.25. The zero-order chi connectivity index (χ0) is 10.7. The summed E-state index contributed by atoms with van der Waals surface area (Å²) >= 11 is 5.95. The molecule has 0 amide bonds. The maximum absolute atomic E-state index is 12.8. The van der Waals surface area contributed by atoms with Crippen molar-refractivity contribution in [1.82, 2.24) is 4.90 Å². The Kier molecular flexibility index (Phi) is 5.49. The van der Waals surface area contributed by atoms with Gasteiger partial charge in [0.05, 0.1) is 13.2 Å². The fraction of sp³-hybridized carbons (Fsp3) is 0.455. The summed E-state index contributed by atoms with van der Waals surface area (Å²) in [5.74, 6) is -0.286. The van der Waals surface area contributed by atoms with Gasteiger partial charge in [0, 0.05) is 24.7 Å².